The molecule has 0 saturated heterocycles. The van der Waals surface area contributed by atoms with Crippen LogP contribution >= 0.6 is 11.9 Å². The van der Waals surface area contributed by atoms with E-state index in [1.165, 1.54) is 11.9 Å². The standard InChI is InChI=1S/C20H14N6O2S/c21-29-14-3-1-2-11(8-14)19-15-10-13(5-7-16(15)23-24-19)22-20(27)12-4-6-17-18(9-12)26-28-25-17/h1-10H,21H2,(H,22,27)(H,23,24). The number of aromatic nitrogens is 4. The fourth-order valence-electron chi connectivity index (χ4n) is 3.16. The van der Waals surface area contributed by atoms with Gasteiger partial charge in [-0.25, -0.2) is 4.63 Å². The van der Waals surface area contributed by atoms with Gasteiger partial charge in [0.2, 0.25) is 0 Å². The molecule has 0 aliphatic rings. The van der Waals surface area contributed by atoms with E-state index in [-0.39, 0.29) is 5.91 Å². The van der Waals surface area contributed by atoms with E-state index < -0.39 is 0 Å². The lowest BCUT2D eigenvalue weighted by Gasteiger charge is -2.06. The molecule has 0 fully saturated rings. The minimum absolute atomic E-state index is 0.249. The Labute approximate surface area is 168 Å². The third-order valence-corrected chi connectivity index (χ3v) is 5.11. The van der Waals surface area contributed by atoms with Crippen LogP contribution < -0.4 is 10.5 Å². The lowest BCUT2D eigenvalue weighted by molar-refractivity contribution is 0.102. The van der Waals surface area contributed by atoms with Gasteiger partial charge < -0.3 is 5.32 Å². The van der Waals surface area contributed by atoms with Crippen molar-refractivity contribution in [2.45, 2.75) is 4.90 Å². The second-order valence-electron chi connectivity index (χ2n) is 6.40. The molecule has 5 aromatic rings. The zero-order valence-corrected chi connectivity index (χ0v) is 15.7. The summed E-state index contributed by atoms with van der Waals surface area (Å²) in [6.45, 7) is 0. The van der Waals surface area contributed by atoms with Crippen LogP contribution in [0.4, 0.5) is 5.69 Å². The molecule has 142 valence electrons. The van der Waals surface area contributed by atoms with Crippen molar-refractivity contribution >= 4 is 45.5 Å². The number of aromatic amines is 1. The van der Waals surface area contributed by atoms with Gasteiger partial charge in [-0.1, -0.05) is 12.1 Å². The number of nitrogens with one attached hydrogen (secondary N) is 2. The molecule has 2 aromatic heterocycles. The summed E-state index contributed by atoms with van der Waals surface area (Å²) in [6, 6.07) is 18.4. The van der Waals surface area contributed by atoms with Crippen molar-refractivity contribution in [1.82, 2.24) is 20.5 Å². The number of rotatable bonds is 4. The first-order valence-electron chi connectivity index (χ1n) is 8.70. The normalized spacial score (nSPS) is 11.2. The number of hydrogen-bond donors (Lipinski definition) is 3. The predicted molar refractivity (Wildman–Crippen MR) is 111 cm³/mol. The van der Waals surface area contributed by atoms with Crippen molar-refractivity contribution in [3.63, 3.8) is 0 Å². The van der Waals surface area contributed by atoms with Gasteiger partial charge in [0.25, 0.3) is 5.91 Å². The molecule has 5 rings (SSSR count). The topological polar surface area (TPSA) is 123 Å². The van der Waals surface area contributed by atoms with Gasteiger partial charge in [0, 0.05) is 27.1 Å². The summed E-state index contributed by atoms with van der Waals surface area (Å²) in [7, 11) is 0. The van der Waals surface area contributed by atoms with Crippen LogP contribution in [0.15, 0.2) is 70.2 Å². The van der Waals surface area contributed by atoms with Crippen LogP contribution in [0.2, 0.25) is 0 Å². The highest BCUT2D eigenvalue weighted by atomic mass is 32.2. The molecule has 0 radical (unpaired) electrons. The van der Waals surface area contributed by atoms with Crippen LogP contribution in [0.3, 0.4) is 0 Å². The maximum Gasteiger partial charge on any atom is 0.255 e. The van der Waals surface area contributed by atoms with Crippen LogP contribution in [-0.4, -0.2) is 26.4 Å². The fraction of sp³-hybridized carbons (Fsp3) is 0. The van der Waals surface area contributed by atoms with E-state index in [9.17, 15) is 4.79 Å². The van der Waals surface area contributed by atoms with Gasteiger partial charge in [0.05, 0.1) is 5.52 Å². The number of carbonyl (C=O) groups is 1. The predicted octanol–water partition coefficient (Wildman–Crippen LogP) is 3.98. The Morgan fingerprint density at radius 1 is 1.03 bits per heavy atom. The van der Waals surface area contributed by atoms with E-state index >= 15 is 0 Å². The summed E-state index contributed by atoms with van der Waals surface area (Å²) in [5.74, 6) is -0.249. The molecule has 0 aliphatic heterocycles. The number of amides is 1. The third kappa shape index (κ3) is 3.22. The average molecular weight is 402 g/mol. The molecular weight excluding hydrogens is 388 g/mol. The molecule has 0 atom stereocenters. The Hall–Kier alpha value is -3.69. The highest BCUT2D eigenvalue weighted by Gasteiger charge is 2.13. The quantitative estimate of drug-likeness (QED) is 0.389. The molecule has 8 nitrogen and oxygen atoms in total. The molecule has 2 heterocycles. The highest BCUT2D eigenvalue weighted by Crippen LogP contribution is 2.30. The second-order valence-corrected chi connectivity index (χ2v) is 7.11. The van der Waals surface area contributed by atoms with Crippen molar-refractivity contribution in [2.75, 3.05) is 5.32 Å². The van der Waals surface area contributed by atoms with Gasteiger partial charge in [0.1, 0.15) is 16.7 Å². The molecule has 1 amide bonds. The number of carbonyl (C=O) groups excluding carboxylic acids is 1. The summed E-state index contributed by atoms with van der Waals surface area (Å²) < 4.78 is 4.68. The van der Waals surface area contributed by atoms with Gasteiger partial charge in [-0.15, -0.1) is 0 Å². The average Bonchev–Trinajstić information content (AvgIpc) is 3.39. The number of hydrogen-bond acceptors (Lipinski definition) is 7. The van der Waals surface area contributed by atoms with Gasteiger partial charge in [0.15, 0.2) is 0 Å². The smallest absolute Gasteiger partial charge is 0.255 e. The Bertz CT molecular complexity index is 1360. The van der Waals surface area contributed by atoms with Crippen molar-refractivity contribution in [2.24, 2.45) is 5.14 Å². The monoisotopic (exact) mass is 402 g/mol. The lowest BCUT2D eigenvalue weighted by Crippen LogP contribution is -2.11. The molecule has 0 unspecified atom stereocenters. The van der Waals surface area contributed by atoms with Gasteiger partial charge in [-0.05, 0) is 70.8 Å². The third-order valence-electron chi connectivity index (χ3n) is 4.58. The van der Waals surface area contributed by atoms with Crippen LogP contribution in [0.1, 0.15) is 10.4 Å². The SMILES string of the molecule is NSc1cccc(-c2n[nH]c3ccc(NC(=O)c4ccc5nonc5c4)cc23)c1. The Kier molecular flexibility index (Phi) is 4.23. The molecule has 29 heavy (non-hydrogen) atoms. The Morgan fingerprint density at radius 2 is 1.93 bits per heavy atom. The second kappa shape index (κ2) is 7.04. The maximum absolute atomic E-state index is 12.7. The highest BCUT2D eigenvalue weighted by molar-refractivity contribution is 7.97. The van der Waals surface area contributed by atoms with E-state index in [2.05, 4.69) is 30.5 Å². The maximum atomic E-state index is 12.7. The van der Waals surface area contributed by atoms with E-state index in [1.807, 2.05) is 42.5 Å². The largest absolute Gasteiger partial charge is 0.322 e. The number of fused-ring (bicyclic) bond motifs is 2. The van der Waals surface area contributed by atoms with Crippen LogP contribution in [0.5, 0.6) is 0 Å². The summed E-state index contributed by atoms with van der Waals surface area (Å²) in [5, 5.41) is 24.5. The van der Waals surface area contributed by atoms with Crippen LogP contribution in [0, 0.1) is 0 Å². The molecule has 0 spiro atoms. The van der Waals surface area contributed by atoms with E-state index in [1.54, 1.807) is 18.2 Å². The van der Waals surface area contributed by atoms with Crippen molar-refractivity contribution in [3.8, 4) is 11.3 Å². The Balaban J connectivity index is 1.48. The van der Waals surface area contributed by atoms with Crippen molar-refractivity contribution in [3.05, 3.63) is 66.2 Å². The summed E-state index contributed by atoms with van der Waals surface area (Å²) >= 11 is 1.18. The number of nitrogens with zero attached hydrogens (tertiary/aromatic N) is 3. The van der Waals surface area contributed by atoms with Gasteiger partial charge >= 0.3 is 0 Å². The minimum atomic E-state index is -0.249. The molecule has 4 N–H and O–H groups in total. The lowest BCUT2D eigenvalue weighted by atomic mass is 10.1. The van der Waals surface area contributed by atoms with E-state index in [4.69, 9.17) is 5.14 Å². The molecule has 3 aromatic carbocycles. The Morgan fingerprint density at radius 3 is 2.83 bits per heavy atom. The van der Waals surface area contributed by atoms with Crippen molar-refractivity contribution in [1.29, 1.82) is 0 Å². The summed E-state index contributed by atoms with van der Waals surface area (Å²) in [6.07, 6.45) is 0. The van der Waals surface area contributed by atoms with E-state index in [0.29, 0.717) is 22.3 Å². The first kappa shape index (κ1) is 17.4. The number of anilines is 1. The van der Waals surface area contributed by atoms with Crippen LogP contribution in [0.25, 0.3) is 33.2 Å². The summed E-state index contributed by atoms with van der Waals surface area (Å²) in [5.41, 5.74) is 4.87. The zero-order valence-electron chi connectivity index (χ0n) is 14.9. The molecular formula is C20H14N6O2S. The number of H-pyrrole nitrogens is 1. The van der Waals surface area contributed by atoms with Gasteiger partial charge in [-0.2, -0.15) is 5.10 Å². The number of benzene rings is 3. The number of nitrogens with two attached hydrogens (primary N) is 1. The summed E-state index contributed by atoms with van der Waals surface area (Å²) in [4.78, 5) is 13.6. The van der Waals surface area contributed by atoms with E-state index in [0.717, 1.165) is 27.1 Å². The molecule has 0 saturated carbocycles. The molecule has 9 heteroatoms. The first-order valence-corrected chi connectivity index (χ1v) is 9.58. The zero-order chi connectivity index (χ0) is 19.8. The molecule has 0 bridgehead atoms. The van der Waals surface area contributed by atoms with Crippen LogP contribution in [-0.2, 0) is 0 Å². The minimum Gasteiger partial charge on any atom is -0.322 e. The van der Waals surface area contributed by atoms with Gasteiger partial charge in [-0.3, -0.25) is 15.0 Å². The fourth-order valence-corrected chi connectivity index (χ4v) is 3.51. The first-order chi connectivity index (χ1) is 14.2. The molecule has 0 aliphatic carbocycles. The van der Waals surface area contributed by atoms with Crippen molar-refractivity contribution < 1.29 is 9.42 Å².